The molecule has 1 amide bonds. The molecule has 0 aliphatic carbocycles. The van der Waals surface area contributed by atoms with Gasteiger partial charge in [0.2, 0.25) is 0 Å². The average Bonchev–Trinajstić information content (AvgIpc) is 2.76. The lowest BCUT2D eigenvalue weighted by Gasteiger charge is -2.23. The van der Waals surface area contributed by atoms with Crippen molar-refractivity contribution in [2.75, 3.05) is 13.1 Å². The van der Waals surface area contributed by atoms with E-state index in [4.69, 9.17) is 0 Å². The Labute approximate surface area is 162 Å². The first-order chi connectivity index (χ1) is 10.4. The minimum absolute atomic E-state index is 0.0313. The highest BCUT2D eigenvalue weighted by molar-refractivity contribution is 9.15. The van der Waals surface area contributed by atoms with E-state index in [9.17, 15) is 14.7 Å². The topological polar surface area (TPSA) is 57.6 Å². The van der Waals surface area contributed by atoms with Crippen molar-refractivity contribution < 1.29 is 14.7 Å². The van der Waals surface area contributed by atoms with Gasteiger partial charge in [-0.05, 0) is 76.6 Å². The van der Waals surface area contributed by atoms with E-state index in [0.717, 1.165) is 25.7 Å². The summed E-state index contributed by atoms with van der Waals surface area (Å²) in [6.07, 6.45) is 4.10. The number of likely N-dealkylation sites (tertiary alicyclic amines) is 1. The zero-order valence-corrected chi connectivity index (χ0v) is 17.8. The number of carboxylic acid groups (broad SMARTS) is 1. The zero-order chi connectivity index (χ0) is 16.4. The molecule has 1 aliphatic heterocycles. The van der Waals surface area contributed by atoms with E-state index in [-0.39, 0.29) is 17.0 Å². The Morgan fingerprint density at radius 2 is 1.23 bits per heavy atom. The molecule has 4 nitrogen and oxygen atoms in total. The summed E-state index contributed by atoms with van der Waals surface area (Å²) in [5.74, 6) is -1.39. The Bertz CT molecular complexity index is 625. The first-order valence-corrected chi connectivity index (χ1v) is 9.92. The quantitative estimate of drug-likeness (QED) is 0.385. The summed E-state index contributed by atoms with van der Waals surface area (Å²) in [5.41, 5.74) is 0.146. The minimum Gasteiger partial charge on any atom is -0.478 e. The molecule has 1 N–H and O–H groups in total. The van der Waals surface area contributed by atoms with Crippen molar-refractivity contribution in [3.63, 3.8) is 0 Å². The Morgan fingerprint density at radius 3 is 1.68 bits per heavy atom. The molecule has 0 unspecified atom stereocenters. The molecule has 0 radical (unpaired) electrons. The molecule has 0 bridgehead atoms. The second-order valence-corrected chi connectivity index (χ2v) is 8.19. The zero-order valence-electron chi connectivity index (χ0n) is 11.5. The third-order valence-electron chi connectivity index (χ3n) is 3.59. The van der Waals surface area contributed by atoms with Crippen LogP contribution in [0, 0.1) is 0 Å². The second kappa shape index (κ2) is 7.77. The van der Waals surface area contributed by atoms with E-state index in [1.165, 1.54) is 0 Å². The fraction of sp³-hybridized carbons (Fsp3) is 0.429. The highest BCUT2D eigenvalue weighted by Gasteiger charge is 2.30. The van der Waals surface area contributed by atoms with Gasteiger partial charge in [-0.15, -0.1) is 0 Å². The van der Waals surface area contributed by atoms with Crippen LogP contribution in [-0.2, 0) is 0 Å². The van der Waals surface area contributed by atoms with Crippen LogP contribution in [0.5, 0.6) is 0 Å². The average molecular weight is 563 g/mol. The molecule has 8 heteroatoms. The molecule has 0 spiro atoms. The molecular formula is C14H13Br4NO3. The van der Waals surface area contributed by atoms with Gasteiger partial charge < -0.3 is 10.0 Å². The number of hydrogen-bond acceptors (Lipinski definition) is 2. The van der Waals surface area contributed by atoms with Crippen molar-refractivity contribution in [3.05, 3.63) is 29.0 Å². The maximum atomic E-state index is 12.9. The monoisotopic (exact) mass is 559 g/mol. The normalized spacial score (nSPS) is 15.5. The van der Waals surface area contributed by atoms with Gasteiger partial charge in [-0.2, -0.15) is 0 Å². The van der Waals surface area contributed by atoms with Crippen molar-refractivity contribution >= 4 is 75.6 Å². The molecule has 1 aromatic rings. The van der Waals surface area contributed by atoms with Gasteiger partial charge in [-0.1, -0.05) is 12.8 Å². The van der Waals surface area contributed by atoms with E-state index in [1.807, 2.05) is 0 Å². The highest BCUT2D eigenvalue weighted by atomic mass is 79.9. The molecular weight excluding hydrogens is 550 g/mol. The van der Waals surface area contributed by atoms with Crippen LogP contribution in [-0.4, -0.2) is 35.0 Å². The van der Waals surface area contributed by atoms with Gasteiger partial charge in [0.15, 0.2) is 0 Å². The number of carbonyl (C=O) groups excluding carboxylic acids is 1. The number of carbonyl (C=O) groups is 2. The van der Waals surface area contributed by atoms with Gasteiger partial charge in [-0.3, -0.25) is 4.79 Å². The van der Waals surface area contributed by atoms with Gasteiger partial charge >= 0.3 is 5.97 Å². The number of nitrogens with zero attached hydrogens (tertiary/aromatic N) is 1. The summed E-state index contributed by atoms with van der Waals surface area (Å²) in [7, 11) is 0. The van der Waals surface area contributed by atoms with Crippen LogP contribution in [0.3, 0.4) is 0 Å². The summed E-state index contributed by atoms with van der Waals surface area (Å²) < 4.78 is 1.98. The standard InChI is InChI=1S/C14H13Br4NO3/c15-9-7(13(20)19-5-3-1-2-4-6-19)8(14(21)22)10(16)12(18)11(9)17/h1-6H2,(H,21,22). The molecule has 1 aromatic carbocycles. The molecule has 1 fully saturated rings. The van der Waals surface area contributed by atoms with Gasteiger partial charge in [0.1, 0.15) is 0 Å². The van der Waals surface area contributed by atoms with E-state index in [0.29, 0.717) is 31.0 Å². The predicted octanol–water partition coefficient (Wildman–Crippen LogP) is 5.45. The van der Waals surface area contributed by atoms with Crippen molar-refractivity contribution in [1.29, 1.82) is 0 Å². The number of halogens is 4. The van der Waals surface area contributed by atoms with E-state index < -0.39 is 5.97 Å². The Hall–Kier alpha value is 0.0800. The largest absolute Gasteiger partial charge is 0.478 e. The van der Waals surface area contributed by atoms with Crippen LogP contribution in [0.25, 0.3) is 0 Å². The van der Waals surface area contributed by atoms with Crippen LogP contribution in [0.4, 0.5) is 0 Å². The SMILES string of the molecule is O=C(O)c1c(Br)c(Br)c(Br)c(Br)c1C(=O)N1CCCCCC1. The van der Waals surface area contributed by atoms with E-state index in [2.05, 4.69) is 63.7 Å². The van der Waals surface area contributed by atoms with Crippen molar-refractivity contribution in [2.24, 2.45) is 0 Å². The molecule has 0 aromatic heterocycles. The van der Waals surface area contributed by atoms with Gasteiger partial charge in [0.25, 0.3) is 5.91 Å². The Kier molecular flexibility index (Phi) is 6.50. The lowest BCUT2D eigenvalue weighted by molar-refractivity contribution is 0.0674. The van der Waals surface area contributed by atoms with Crippen molar-refractivity contribution in [3.8, 4) is 0 Å². The molecule has 1 aliphatic rings. The summed E-state index contributed by atoms with van der Waals surface area (Å²) in [6, 6.07) is 0. The molecule has 0 saturated carbocycles. The van der Waals surface area contributed by atoms with Gasteiger partial charge in [0.05, 0.1) is 11.1 Å². The van der Waals surface area contributed by atoms with Crippen LogP contribution in [0.15, 0.2) is 17.9 Å². The fourth-order valence-corrected chi connectivity index (χ4v) is 4.92. The number of rotatable bonds is 2. The smallest absolute Gasteiger partial charge is 0.337 e. The number of aromatic carboxylic acids is 1. The second-order valence-electron chi connectivity index (χ2n) is 5.02. The summed E-state index contributed by atoms with van der Waals surface area (Å²) in [6.45, 7) is 1.32. The van der Waals surface area contributed by atoms with Gasteiger partial charge in [0, 0.05) is 31.0 Å². The molecule has 2 rings (SSSR count). The first-order valence-electron chi connectivity index (χ1n) is 6.74. The maximum Gasteiger partial charge on any atom is 0.337 e. The molecule has 1 heterocycles. The van der Waals surface area contributed by atoms with Crippen LogP contribution >= 0.6 is 63.7 Å². The van der Waals surface area contributed by atoms with Crippen molar-refractivity contribution in [1.82, 2.24) is 4.90 Å². The summed E-state index contributed by atoms with van der Waals surface area (Å²) >= 11 is 13.4. The van der Waals surface area contributed by atoms with Crippen LogP contribution < -0.4 is 0 Å². The molecule has 120 valence electrons. The fourth-order valence-electron chi connectivity index (χ4n) is 2.47. The van der Waals surface area contributed by atoms with Crippen LogP contribution in [0.2, 0.25) is 0 Å². The Balaban J connectivity index is 2.57. The highest BCUT2D eigenvalue weighted by Crippen LogP contribution is 2.42. The minimum atomic E-state index is -1.14. The third kappa shape index (κ3) is 3.60. The van der Waals surface area contributed by atoms with Crippen molar-refractivity contribution in [2.45, 2.75) is 25.7 Å². The molecule has 0 atom stereocenters. The third-order valence-corrected chi connectivity index (χ3v) is 8.36. The number of amides is 1. The van der Waals surface area contributed by atoms with E-state index >= 15 is 0 Å². The molecule has 1 saturated heterocycles. The lowest BCUT2D eigenvalue weighted by atomic mass is 10.1. The summed E-state index contributed by atoms with van der Waals surface area (Å²) in [4.78, 5) is 26.3. The van der Waals surface area contributed by atoms with Gasteiger partial charge in [-0.25, -0.2) is 4.79 Å². The van der Waals surface area contributed by atoms with Crippen LogP contribution in [0.1, 0.15) is 46.4 Å². The number of benzene rings is 1. The number of hydrogen-bond donors (Lipinski definition) is 1. The first kappa shape index (κ1) is 18.4. The predicted molar refractivity (Wildman–Crippen MR) is 98.6 cm³/mol. The number of carboxylic acids is 1. The lowest BCUT2D eigenvalue weighted by Crippen LogP contribution is -2.33. The molecule has 22 heavy (non-hydrogen) atoms. The maximum absolute atomic E-state index is 12.9. The van der Waals surface area contributed by atoms with E-state index in [1.54, 1.807) is 4.90 Å². The Morgan fingerprint density at radius 1 is 0.773 bits per heavy atom. The summed E-state index contributed by atoms with van der Waals surface area (Å²) in [5, 5.41) is 9.53.